The molecule has 1 aliphatic carbocycles. The zero-order valence-corrected chi connectivity index (χ0v) is 12.5. The van der Waals surface area contributed by atoms with Gasteiger partial charge in [-0.2, -0.15) is 0 Å². The lowest BCUT2D eigenvalue weighted by Gasteiger charge is -2.26. The molecule has 1 aromatic carbocycles. The second kappa shape index (κ2) is 7.05. The Morgan fingerprint density at radius 1 is 1.29 bits per heavy atom. The van der Waals surface area contributed by atoms with E-state index < -0.39 is 0 Å². The molecule has 1 saturated heterocycles. The summed E-state index contributed by atoms with van der Waals surface area (Å²) in [6.45, 7) is 5.25. The summed E-state index contributed by atoms with van der Waals surface area (Å²) in [6, 6.07) is 8.52. The van der Waals surface area contributed by atoms with Crippen LogP contribution >= 0.6 is 0 Å². The van der Waals surface area contributed by atoms with Crippen molar-refractivity contribution < 1.29 is 9.53 Å². The fraction of sp³-hybridized carbons (Fsp3) is 0.588. The molecule has 1 fully saturated rings. The molecule has 1 aliphatic heterocycles. The van der Waals surface area contributed by atoms with Gasteiger partial charge in [0.05, 0.1) is 13.2 Å². The van der Waals surface area contributed by atoms with Crippen molar-refractivity contribution >= 4 is 5.91 Å². The number of ether oxygens (including phenoxy) is 1. The van der Waals surface area contributed by atoms with E-state index in [4.69, 9.17) is 4.74 Å². The molecule has 1 aromatic rings. The van der Waals surface area contributed by atoms with Crippen molar-refractivity contribution in [3.63, 3.8) is 0 Å². The highest BCUT2D eigenvalue weighted by atomic mass is 16.5. The molecule has 21 heavy (non-hydrogen) atoms. The van der Waals surface area contributed by atoms with Gasteiger partial charge in [-0.25, -0.2) is 0 Å². The monoisotopic (exact) mass is 288 g/mol. The summed E-state index contributed by atoms with van der Waals surface area (Å²) in [6.07, 6.45) is 2.85. The maximum absolute atomic E-state index is 12.1. The largest absolute Gasteiger partial charge is 0.379 e. The Balaban J connectivity index is 1.40. The summed E-state index contributed by atoms with van der Waals surface area (Å²) in [5, 5.41) is 3.07. The van der Waals surface area contributed by atoms with Crippen molar-refractivity contribution in [2.24, 2.45) is 0 Å². The van der Waals surface area contributed by atoms with Crippen LogP contribution in [0.3, 0.4) is 0 Å². The van der Waals surface area contributed by atoms with E-state index in [1.165, 1.54) is 11.1 Å². The molecule has 0 spiro atoms. The first-order valence-electron chi connectivity index (χ1n) is 7.97. The van der Waals surface area contributed by atoms with Crippen LogP contribution in [0.4, 0.5) is 0 Å². The lowest BCUT2D eigenvalue weighted by molar-refractivity contribution is -0.121. The first kappa shape index (κ1) is 14.5. The maximum atomic E-state index is 12.1. The summed E-state index contributed by atoms with van der Waals surface area (Å²) in [5.74, 6) is 0.592. The Bertz CT molecular complexity index is 483. The minimum absolute atomic E-state index is 0.185. The molecule has 1 N–H and O–H groups in total. The van der Waals surface area contributed by atoms with E-state index in [9.17, 15) is 4.79 Å². The molecule has 0 bridgehead atoms. The van der Waals surface area contributed by atoms with Gasteiger partial charge in [-0.05, 0) is 29.9 Å². The molecule has 1 atom stereocenters. The van der Waals surface area contributed by atoms with Crippen LogP contribution in [0.1, 0.15) is 29.9 Å². The zero-order chi connectivity index (χ0) is 14.5. The summed E-state index contributed by atoms with van der Waals surface area (Å²) in [7, 11) is 0. The van der Waals surface area contributed by atoms with Crippen molar-refractivity contribution in [2.45, 2.75) is 25.2 Å². The Morgan fingerprint density at radius 2 is 2.10 bits per heavy atom. The van der Waals surface area contributed by atoms with Crippen LogP contribution in [0.5, 0.6) is 0 Å². The number of benzene rings is 1. The first-order chi connectivity index (χ1) is 10.3. The second-order valence-electron chi connectivity index (χ2n) is 5.94. The van der Waals surface area contributed by atoms with E-state index in [-0.39, 0.29) is 5.91 Å². The molecule has 2 aliphatic rings. The van der Waals surface area contributed by atoms with Gasteiger partial charge in [0.15, 0.2) is 0 Å². The molecule has 0 saturated carbocycles. The minimum atomic E-state index is 0.185. The quantitative estimate of drug-likeness (QED) is 0.894. The third kappa shape index (κ3) is 3.83. The number of nitrogens with zero attached hydrogens (tertiary/aromatic N) is 1. The molecule has 0 unspecified atom stereocenters. The highest BCUT2D eigenvalue weighted by Gasteiger charge is 2.24. The smallest absolute Gasteiger partial charge is 0.220 e. The van der Waals surface area contributed by atoms with Gasteiger partial charge in [0.25, 0.3) is 0 Å². The lowest BCUT2D eigenvalue weighted by atomic mass is 9.97. The zero-order valence-electron chi connectivity index (χ0n) is 12.5. The van der Waals surface area contributed by atoms with Crippen LogP contribution in [-0.2, 0) is 16.0 Å². The summed E-state index contributed by atoms with van der Waals surface area (Å²) in [5.41, 5.74) is 2.80. The molecule has 0 radical (unpaired) electrons. The number of amides is 1. The third-order valence-electron chi connectivity index (χ3n) is 4.54. The Morgan fingerprint density at radius 3 is 2.95 bits per heavy atom. The number of aryl methyl sites for hydroxylation is 1. The van der Waals surface area contributed by atoms with Crippen LogP contribution in [0.15, 0.2) is 24.3 Å². The number of morpholine rings is 1. The average molecular weight is 288 g/mol. The molecule has 4 nitrogen and oxygen atoms in total. The minimum Gasteiger partial charge on any atom is -0.379 e. The number of carbonyl (C=O) groups is 1. The normalized spacial score (nSPS) is 22.0. The molecule has 4 heteroatoms. The molecule has 1 amide bonds. The van der Waals surface area contributed by atoms with Crippen LogP contribution < -0.4 is 5.32 Å². The summed E-state index contributed by atoms with van der Waals surface area (Å²) in [4.78, 5) is 14.4. The van der Waals surface area contributed by atoms with Crippen molar-refractivity contribution in [1.29, 1.82) is 0 Å². The van der Waals surface area contributed by atoms with E-state index in [2.05, 4.69) is 34.5 Å². The van der Waals surface area contributed by atoms with Crippen LogP contribution in [0.2, 0.25) is 0 Å². The molecular formula is C17H24N2O2. The van der Waals surface area contributed by atoms with Crippen LogP contribution in [0.25, 0.3) is 0 Å². The number of fused-ring (bicyclic) bond motifs is 1. The van der Waals surface area contributed by atoms with E-state index in [1.54, 1.807) is 0 Å². The predicted octanol–water partition coefficient (Wildman–Crippen LogP) is 1.55. The highest BCUT2D eigenvalue weighted by molar-refractivity contribution is 5.77. The Kier molecular flexibility index (Phi) is 4.88. The Labute approximate surface area is 126 Å². The third-order valence-corrected chi connectivity index (χ3v) is 4.54. The second-order valence-corrected chi connectivity index (χ2v) is 5.94. The number of rotatable bonds is 5. The van der Waals surface area contributed by atoms with E-state index in [0.717, 1.165) is 52.2 Å². The standard InChI is InChI=1S/C17H24N2O2/c20-17(18-7-8-19-9-11-21-12-10-19)13-15-6-5-14-3-1-2-4-16(14)15/h1-4,15H,5-13H2,(H,18,20)/t15-/m0/s1. The van der Waals surface area contributed by atoms with Crippen LogP contribution in [0, 0.1) is 0 Å². The van der Waals surface area contributed by atoms with E-state index >= 15 is 0 Å². The van der Waals surface area contributed by atoms with Crippen molar-refractivity contribution in [3.05, 3.63) is 35.4 Å². The van der Waals surface area contributed by atoms with Gasteiger partial charge in [-0.15, -0.1) is 0 Å². The van der Waals surface area contributed by atoms with Gasteiger partial charge < -0.3 is 10.1 Å². The van der Waals surface area contributed by atoms with Gasteiger partial charge in [0.2, 0.25) is 5.91 Å². The molecule has 0 aromatic heterocycles. The Hall–Kier alpha value is -1.39. The maximum Gasteiger partial charge on any atom is 0.220 e. The number of hydrogen-bond donors (Lipinski definition) is 1. The topological polar surface area (TPSA) is 41.6 Å². The van der Waals surface area contributed by atoms with Gasteiger partial charge in [-0.3, -0.25) is 9.69 Å². The van der Waals surface area contributed by atoms with Crippen molar-refractivity contribution in [3.8, 4) is 0 Å². The van der Waals surface area contributed by atoms with E-state index in [1.807, 2.05) is 0 Å². The van der Waals surface area contributed by atoms with E-state index in [0.29, 0.717) is 12.3 Å². The SMILES string of the molecule is O=C(C[C@@H]1CCc2ccccc21)NCCN1CCOCC1. The highest BCUT2D eigenvalue weighted by Crippen LogP contribution is 2.34. The molecular weight excluding hydrogens is 264 g/mol. The molecule has 114 valence electrons. The number of carbonyl (C=O) groups excluding carboxylic acids is 1. The number of nitrogens with one attached hydrogen (secondary N) is 1. The van der Waals surface area contributed by atoms with Gasteiger partial charge in [0, 0.05) is 32.6 Å². The molecule has 3 rings (SSSR count). The average Bonchev–Trinajstić information content (AvgIpc) is 2.92. The molecule has 1 heterocycles. The summed E-state index contributed by atoms with van der Waals surface area (Å²) < 4.78 is 5.32. The van der Waals surface area contributed by atoms with Crippen LogP contribution in [-0.4, -0.2) is 50.2 Å². The summed E-state index contributed by atoms with van der Waals surface area (Å²) >= 11 is 0. The van der Waals surface area contributed by atoms with Crippen molar-refractivity contribution in [1.82, 2.24) is 10.2 Å². The van der Waals surface area contributed by atoms with Gasteiger partial charge in [0.1, 0.15) is 0 Å². The van der Waals surface area contributed by atoms with Gasteiger partial charge >= 0.3 is 0 Å². The number of hydrogen-bond acceptors (Lipinski definition) is 3. The fourth-order valence-electron chi connectivity index (χ4n) is 3.33. The predicted molar refractivity (Wildman–Crippen MR) is 82.4 cm³/mol. The lowest BCUT2D eigenvalue weighted by Crippen LogP contribution is -2.41. The fourth-order valence-corrected chi connectivity index (χ4v) is 3.33. The van der Waals surface area contributed by atoms with Gasteiger partial charge in [-0.1, -0.05) is 24.3 Å². The first-order valence-corrected chi connectivity index (χ1v) is 7.97. The van der Waals surface area contributed by atoms with Crippen molar-refractivity contribution in [2.75, 3.05) is 39.4 Å².